The Morgan fingerprint density at radius 1 is 0.909 bits per heavy atom. The van der Waals surface area contributed by atoms with E-state index in [1.54, 1.807) is 19.0 Å². The van der Waals surface area contributed by atoms with Crippen LogP contribution in [0.5, 0.6) is 0 Å². The van der Waals surface area contributed by atoms with Crippen molar-refractivity contribution in [3.8, 4) is 0 Å². The minimum Gasteiger partial charge on any atom is -0.459 e. The van der Waals surface area contributed by atoms with Gasteiger partial charge in [0.05, 0.1) is 31.8 Å². The summed E-state index contributed by atoms with van der Waals surface area (Å²) in [5.41, 5.74) is -1.75. The number of rotatable bonds is 9. The molecule has 0 spiro atoms. The predicted molar refractivity (Wildman–Crippen MR) is 145 cm³/mol. The number of aliphatic imine (C=N–C) groups is 1. The van der Waals surface area contributed by atoms with Crippen LogP contribution in [0.1, 0.15) is 20.8 Å². The molecule has 15 atom stereocenters. The van der Waals surface area contributed by atoms with Gasteiger partial charge in [0.25, 0.3) is 6.02 Å². The number of aliphatic hydroxyl groups is 7. The molecule has 0 bridgehead atoms. The number of hydrogen-bond donors (Lipinski definition) is 9. The molecule has 18 nitrogen and oxygen atoms in total. The van der Waals surface area contributed by atoms with Crippen LogP contribution in [-0.2, 0) is 33.3 Å². The average molecular weight is 637 g/mol. The third-order valence-electron chi connectivity index (χ3n) is 8.45. The zero-order chi connectivity index (χ0) is 32.7. The van der Waals surface area contributed by atoms with Crippen LogP contribution in [0.2, 0.25) is 0 Å². The molecule has 252 valence electrons. The van der Waals surface area contributed by atoms with Crippen LogP contribution in [0.25, 0.3) is 0 Å². The summed E-state index contributed by atoms with van der Waals surface area (Å²) >= 11 is 0. The van der Waals surface area contributed by atoms with Crippen molar-refractivity contribution in [1.29, 1.82) is 0 Å². The standard InChI is InChI=1S/C26H44N4O14/c1-9(34)27-14-17(37)21(42-24-15(28-10(2)35)18(38)22(39)26(3,8-33)44-24)12(7-32)40-23(14)41-20-11(6-31)19-13(16(20)36)29-25(43-19)30(4)5/h11-24,31-33,36-39H,6-8H2,1-5H3,(H,27,34)(H,28,35). The molecule has 4 aliphatic rings. The van der Waals surface area contributed by atoms with Gasteiger partial charge in [-0.1, -0.05) is 0 Å². The number of nitrogens with one attached hydrogen (secondary N) is 2. The van der Waals surface area contributed by atoms with Crippen molar-refractivity contribution in [1.82, 2.24) is 15.5 Å². The predicted octanol–water partition coefficient (Wildman–Crippen LogP) is -5.66. The van der Waals surface area contributed by atoms with Crippen LogP contribution in [0.4, 0.5) is 0 Å². The molecule has 3 heterocycles. The van der Waals surface area contributed by atoms with Crippen molar-refractivity contribution in [2.45, 2.75) is 106 Å². The summed E-state index contributed by atoms with van der Waals surface area (Å²) in [5, 5.41) is 79.2. The van der Waals surface area contributed by atoms with Crippen molar-refractivity contribution in [3.63, 3.8) is 0 Å². The maximum Gasteiger partial charge on any atom is 0.287 e. The van der Waals surface area contributed by atoms with Gasteiger partial charge < -0.3 is 75.0 Å². The average Bonchev–Trinajstić information content (AvgIpc) is 3.50. The maximum absolute atomic E-state index is 12.2. The van der Waals surface area contributed by atoms with E-state index in [1.807, 2.05) is 0 Å². The molecule has 4 rings (SSSR count). The highest BCUT2D eigenvalue weighted by Gasteiger charge is 2.59. The lowest BCUT2D eigenvalue weighted by atomic mass is 9.87. The van der Waals surface area contributed by atoms with Crippen molar-refractivity contribution >= 4 is 17.8 Å². The molecule has 1 saturated carbocycles. The lowest BCUT2D eigenvalue weighted by Crippen LogP contribution is -2.71. The Morgan fingerprint density at radius 3 is 2.02 bits per heavy atom. The van der Waals surface area contributed by atoms with Crippen LogP contribution in [0.15, 0.2) is 4.99 Å². The first-order valence-electron chi connectivity index (χ1n) is 14.3. The minimum absolute atomic E-state index is 0.272. The van der Waals surface area contributed by atoms with Gasteiger partial charge in [0.2, 0.25) is 11.8 Å². The second-order valence-corrected chi connectivity index (χ2v) is 12.0. The Hall–Kier alpha value is -2.23. The number of fused-ring (bicyclic) bond motifs is 1. The lowest BCUT2D eigenvalue weighted by Gasteiger charge is -2.51. The highest BCUT2D eigenvalue weighted by molar-refractivity contribution is 5.76. The topological polar surface area (TPSA) is 262 Å². The van der Waals surface area contributed by atoms with Gasteiger partial charge >= 0.3 is 0 Å². The Morgan fingerprint density at radius 2 is 1.50 bits per heavy atom. The molecule has 0 aromatic heterocycles. The molecule has 15 unspecified atom stereocenters. The van der Waals surface area contributed by atoms with E-state index in [4.69, 9.17) is 23.7 Å². The fourth-order valence-corrected chi connectivity index (χ4v) is 6.09. The van der Waals surface area contributed by atoms with Gasteiger partial charge in [-0.25, -0.2) is 4.99 Å². The molecule has 3 aliphatic heterocycles. The van der Waals surface area contributed by atoms with Crippen LogP contribution in [0, 0.1) is 5.92 Å². The normalized spacial score (nSPS) is 45.2. The van der Waals surface area contributed by atoms with Gasteiger partial charge in [-0.2, -0.15) is 0 Å². The molecule has 3 fully saturated rings. The molecule has 0 aromatic carbocycles. The summed E-state index contributed by atoms with van der Waals surface area (Å²) in [6, 6.07) is -3.25. The Bertz CT molecular complexity index is 1070. The van der Waals surface area contributed by atoms with E-state index in [9.17, 15) is 45.3 Å². The Balaban J connectivity index is 1.59. The van der Waals surface area contributed by atoms with Gasteiger partial charge in [0.1, 0.15) is 66.5 Å². The van der Waals surface area contributed by atoms with Crippen LogP contribution in [0.3, 0.4) is 0 Å². The Labute approximate surface area is 253 Å². The van der Waals surface area contributed by atoms with Gasteiger partial charge in [0, 0.05) is 27.9 Å². The third kappa shape index (κ3) is 6.52. The fourth-order valence-electron chi connectivity index (χ4n) is 6.09. The quantitative estimate of drug-likeness (QED) is 0.114. The highest BCUT2D eigenvalue weighted by Crippen LogP contribution is 2.40. The zero-order valence-electron chi connectivity index (χ0n) is 25.1. The van der Waals surface area contributed by atoms with Crippen molar-refractivity contribution in [2.75, 3.05) is 33.9 Å². The Kier molecular flexibility index (Phi) is 10.7. The molecular weight excluding hydrogens is 592 g/mol. The maximum atomic E-state index is 12.2. The van der Waals surface area contributed by atoms with Gasteiger partial charge in [-0.05, 0) is 6.92 Å². The van der Waals surface area contributed by atoms with E-state index in [2.05, 4.69) is 15.6 Å². The minimum atomic E-state index is -1.75. The summed E-state index contributed by atoms with van der Waals surface area (Å²) in [4.78, 5) is 30.1. The highest BCUT2D eigenvalue weighted by atomic mass is 16.7. The summed E-state index contributed by atoms with van der Waals surface area (Å²) in [6.07, 6.45) is -14.0. The summed E-state index contributed by atoms with van der Waals surface area (Å²) < 4.78 is 29.6. The summed E-state index contributed by atoms with van der Waals surface area (Å²) in [7, 11) is 3.42. The van der Waals surface area contributed by atoms with Crippen LogP contribution >= 0.6 is 0 Å². The first kappa shape index (κ1) is 34.6. The smallest absolute Gasteiger partial charge is 0.287 e. The van der Waals surface area contributed by atoms with Gasteiger partial charge in [-0.3, -0.25) is 9.59 Å². The first-order chi connectivity index (χ1) is 20.7. The van der Waals surface area contributed by atoms with E-state index in [0.717, 1.165) is 6.92 Å². The molecule has 1 aliphatic carbocycles. The number of nitrogens with zero attached hydrogens (tertiary/aromatic N) is 2. The molecule has 9 N–H and O–H groups in total. The second-order valence-electron chi connectivity index (χ2n) is 12.0. The molecule has 0 aromatic rings. The van der Waals surface area contributed by atoms with Crippen molar-refractivity contribution < 1.29 is 69.0 Å². The van der Waals surface area contributed by atoms with E-state index in [-0.39, 0.29) is 6.02 Å². The number of carbonyl (C=O) groups excluding carboxylic acids is 2. The van der Waals surface area contributed by atoms with E-state index in [1.165, 1.54) is 13.8 Å². The fraction of sp³-hybridized carbons (Fsp3) is 0.885. The third-order valence-corrected chi connectivity index (χ3v) is 8.45. The number of hydrogen-bond acceptors (Lipinski definition) is 16. The molecule has 44 heavy (non-hydrogen) atoms. The van der Waals surface area contributed by atoms with Crippen molar-refractivity contribution in [2.24, 2.45) is 10.9 Å². The number of amidine groups is 1. The summed E-state index contributed by atoms with van der Waals surface area (Å²) in [6.45, 7) is 1.67. The zero-order valence-corrected chi connectivity index (χ0v) is 25.1. The van der Waals surface area contributed by atoms with Crippen LogP contribution < -0.4 is 10.6 Å². The number of ether oxygens (including phenoxy) is 5. The van der Waals surface area contributed by atoms with E-state index >= 15 is 0 Å². The van der Waals surface area contributed by atoms with Crippen molar-refractivity contribution in [3.05, 3.63) is 0 Å². The van der Waals surface area contributed by atoms with E-state index in [0.29, 0.717) is 0 Å². The van der Waals surface area contributed by atoms with E-state index < -0.39 is 123 Å². The molecule has 18 heteroatoms. The molecule has 2 saturated heterocycles. The summed E-state index contributed by atoms with van der Waals surface area (Å²) in [5.74, 6) is -2.00. The monoisotopic (exact) mass is 636 g/mol. The number of aliphatic hydroxyl groups excluding tert-OH is 7. The second kappa shape index (κ2) is 13.6. The van der Waals surface area contributed by atoms with Crippen LogP contribution in [-0.4, -0.2) is 178 Å². The molecule has 0 radical (unpaired) electrons. The first-order valence-corrected chi connectivity index (χ1v) is 14.3. The number of carbonyl (C=O) groups is 2. The molecular formula is C26H44N4O14. The van der Waals surface area contributed by atoms with Gasteiger partial charge in [0.15, 0.2) is 12.6 Å². The lowest BCUT2D eigenvalue weighted by molar-refractivity contribution is -0.354. The largest absolute Gasteiger partial charge is 0.459 e. The number of amides is 2. The SMILES string of the molecule is CC(=O)NC1C(OC2C(O)C3N=C(N(C)C)OC3C2CO)OC(CO)C(OC2OC(C)(CO)C(O)C(O)C2NC(C)=O)C1O. The van der Waals surface area contributed by atoms with Gasteiger partial charge in [-0.15, -0.1) is 0 Å². The molecule has 2 amide bonds.